The zero-order valence-electron chi connectivity index (χ0n) is 24.3. The molecule has 2 aliphatic carbocycles. The summed E-state index contributed by atoms with van der Waals surface area (Å²) in [5.41, 5.74) is -0.0149. The van der Waals surface area contributed by atoms with Crippen molar-refractivity contribution in [2.24, 2.45) is 23.2 Å². The molecule has 0 aromatic rings. The molecular weight excluding hydrogens is 456 g/mol. The maximum atomic E-state index is 9.88. The van der Waals surface area contributed by atoms with Gasteiger partial charge in [0, 0.05) is 6.10 Å². The Bertz CT molecular complexity index is 700. The Morgan fingerprint density at radius 2 is 1.68 bits per heavy atom. The van der Waals surface area contributed by atoms with E-state index >= 15 is 0 Å². The van der Waals surface area contributed by atoms with Crippen molar-refractivity contribution < 1.29 is 18.7 Å². The zero-order chi connectivity index (χ0) is 25.7. The second-order valence-corrected chi connectivity index (χ2v) is 24.2. The van der Waals surface area contributed by atoms with Gasteiger partial charge in [-0.3, -0.25) is 0 Å². The van der Waals surface area contributed by atoms with E-state index in [1.54, 1.807) is 0 Å². The number of rotatable bonds is 10. The maximum Gasteiger partial charge on any atom is 0.192 e. The minimum atomic E-state index is -1.92. The topological polar surface area (TPSA) is 51.2 Å². The van der Waals surface area contributed by atoms with Crippen molar-refractivity contribution in [2.45, 2.75) is 148 Å². The van der Waals surface area contributed by atoms with E-state index in [0.717, 1.165) is 18.3 Å². The van der Waals surface area contributed by atoms with E-state index in [1.807, 2.05) is 6.92 Å². The highest BCUT2D eigenvalue weighted by Crippen LogP contribution is 2.59. The minimum Gasteiger partial charge on any atom is -0.414 e. The summed E-state index contributed by atoms with van der Waals surface area (Å²) in [4.78, 5) is 0. The second kappa shape index (κ2) is 9.86. The van der Waals surface area contributed by atoms with Crippen molar-refractivity contribution in [3.63, 3.8) is 0 Å². The minimum absolute atomic E-state index is 0.0231. The first-order valence-corrected chi connectivity index (χ1v) is 20.4. The van der Waals surface area contributed by atoms with E-state index in [-0.39, 0.29) is 23.9 Å². The molecule has 0 aromatic carbocycles. The number of hydrogen-bond donors (Lipinski definition) is 1. The third-order valence-corrected chi connectivity index (χ3v) is 15.6. The van der Waals surface area contributed by atoms with Crippen LogP contribution in [0, 0.1) is 23.2 Å². The van der Waals surface area contributed by atoms with E-state index in [4.69, 9.17) is 13.6 Å². The predicted molar refractivity (Wildman–Crippen MR) is 147 cm³/mol. The van der Waals surface area contributed by atoms with Gasteiger partial charge in [-0.05, 0) is 106 Å². The largest absolute Gasteiger partial charge is 0.414 e. The van der Waals surface area contributed by atoms with E-state index in [9.17, 15) is 5.11 Å². The van der Waals surface area contributed by atoms with Gasteiger partial charge in [-0.2, -0.15) is 0 Å². The lowest BCUT2D eigenvalue weighted by Gasteiger charge is -2.48. The molecule has 0 amide bonds. The molecule has 34 heavy (non-hydrogen) atoms. The Morgan fingerprint density at radius 3 is 2.21 bits per heavy atom. The molecular formula is C28H56O4Si2. The van der Waals surface area contributed by atoms with Crippen LogP contribution in [0.25, 0.3) is 0 Å². The molecule has 1 heterocycles. The first-order chi connectivity index (χ1) is 15.4. The highest BCUT2D eigenvalue weighted by Gasteiger charge is 2.58. The number of aliphatic hydroxyl groups is 1. The van der Waals surface area contributed by atoms with Crippen LogP contribution in [0.2, 0.25) is 37.8 Å². The van der Waals surface area contributed by atoms with Gasteiger partial charge in [0.2, 0.25) is 0 Å². The predicted octanol–water partition coefficient (Wildman–Crippen LogP) is 7.38. The van der Waals surface area contributed by atoms with Gasteiger partial charge in [0.15, 0.2) is 16.6 Å². The van der Waals surface area contributed by atoms with Gasteiger partial charge in [-0.1, -0.05) is 41.0 Å². The lowest BCUT2D eigenvalue weighted by atomic mass is 9.61. The third-order valence-electron chi connectivity index (χ3n) is 10.1. The molecule has 0 bridgehead atoms. The molecule has 6 unspecified atom stereocenters. The Morgan fingerprint density at radius 1 is 1.03 bits per heavy atom. The van der Waals surface area contributed by atoms with Crippen LogP contribution in [0.15, 0.2) is 0 Å². The lowest BCUT2D eigenvalue weighted by Crippen LogP contribution is -2.47. The number of epoxide rings is 1. The summed E-state index contributed by atoms with van der Waals surface area (Å²) in [7, 11) is -3.44. The van der Waals surface area contributed by atoms with Crippen LogP contribution in [0.4, 0.5) is 0 Å². The average molecular weight is 513 g/mol. The molecule has 0 aromatic heterocycles. The molecule has 3 rings (SSSR count). The highest BCUT2D eigenvalue weighted by atomic mass is 28.4. The fraction of sp³-hybridized carbons (Fsp3) is 1.00. The Labute approximate surface area is 213 Å². The van der Waals surface area contributed by atoms with Crippen LogP contribution in [-0.2, 0) is 13.6 Å². The Kier molecular flexibility index (Phi) is 8.37. The van der Waals surface area contributed by atoms with Crippen molar-refractivity contribution in [3.8, 4) is 0 Å². The molecule has 6 heteroatoms. The summed E-state index contributed by atoms with van der Waals surface area (Å²) < 4.78 is 19.7. The summed E-state index contributed by atoms with van der Waals surface area (Å²) in [5, 5.41) is 10.1. The molecule has 4 nitrogen and oxygen atoms in total. The number of hydrogen-bond acceptors (Lipinski definition) is 4. The van der Waals surface area contributed by atoms with Gasteiger partial charge in [0.1, 0.15) is 11.7 Å². The van der Waals surface area contributed by atoms with Crippen LogP contribution >= 0.6 is 0 Å². The molecule has 0 spiro atoms. The molecule has 8 atom stereocenters. The molecule has 1 aliphatic heterocycles. The molecule has 3 fully saturated rings. The van der Waals surface area contributed by atoms with Crippen LogP contribution in [0.3, 0.4) is 0 Å². The van der Waals surface area contributed by atoms with Crippen LogP contribution in [0.1, 0.15) is 86.5 Å². The SMILES string of the molecule is CC(CCC(O[Si](C)(C)C(C)(C)C)C1OC1(C)CO)[C@H]1CCC2C(O[Si](C)(C)C)CCC[C@@]21C. The highest BCUT2D eigenvalue weighted by molar-refractivity contribution is 6.74. The van der Waals surface area contributed by atoms with Crippen LogP contribution in [0.5, 0.6) is 0 Å². The van der Waals surface area contributed by atoms with Crippen molar-refractivity contribution in [1.29, 1.82) is 0 Å². The molecule has 0 radical (unpaired) electrons. The fourth-order valence-electron chi connectivity index (χ4n) is 7.00. The lowest BCUT2D eigenvalue weighted by molar-refractivity contribution is -0.0199. The smallest absolute Gasteiger partial charge is 0.192 e. The monoisotopic (exact) mass is 512 g/mol. The first-order valence-electron chi connectivity index (χ1n) is 14.1. The third kappa shape index (κ3) is 6.04. The van der Waals surface area contributed by atoms with Crippen molar-refractivity contribution in [2.75, 3.05) is 6.61 Å². The Hall–Kier alpha value is 0.274. The van der Waals surface area contributed by atoms with E-state index < -0.39 is 22.2 Å². The van der Waals surface area contributed by atoms with E-state index in [0.29, 0.717) is 17.4 Å². The molecule has 200 valence electrons. The summed E-state index contributed by atoms with van der Waals surface area (Å²) in [5.74, 6) is 2.16. The quantitative estimate of drug-likeness (QED) is 0.245. The van der Waals surface area contributed by atoms with Crippen molar-refractivity contribution >= 4 is 16.6 Å². The van der Waals surface area contributed by atoms with Gasteiger partial charge in [-0.25, -0.2) is 0 Å². The summed E-state index contributed by atoms with van der Waals surface area (Å²) in [6.45, 7) is 25.8. The number of fused-ring (bicyclic) bond motifs is 1. The molecule has 3 aliphatic rings. The standard InChI is InChI=1S/C28H56O4Si2/c1-20(21-15-16-22-23(31-33(7,8)9)13-12-18-27(21,22)5)14-17-24(25-28(6,19-29)30-25)32-34(10,11)26(2,3)4/h20-25,29H,12-19H2,1-11H3/t20?,21-,22?,23?,24?,25?,27-,28?/m1/s1. The normalized spacial score (nSPS) is 38.5. The fourth-order valence-corrected chi connectivity index (χ4v) is 9.54. The van der Waals surface area contributed by atoms with Crippen LogP contribution in [-0.4, -0.2) is 52.3 Å². The zero-order valence-corrected chi connectivity index (χ0v) is 26.3. The summed E-state index contributed by atoms with van der Waals surface area (Å²) >= 11 is 0. The maximum absolute atomic E-state index is 9.88. The van der Waals surface area contributed by atoms with Gasteiger partial charge in [-0.15, -0.1) is 0 Å². The van der Waals surface area contributed by atoms with Gasteiger partial charge >= 0.3 is 0 Å². The second-order valence-electron chi connectivity index (χ2n) is 14.9. The van der Waals surface area contributed by atoms with Crippen molar-refractivity contribution in [1.82, 2.24) is 0 Å². The summed E-state index contributed by atoms with van der Waals surface area (Å²) in [6, 6.07) is 0. The number of aliphatic hydroxyl groups excluding tert-OH is 1. The van der Waals surface area contributed by atoms with Crippen LogP contribution < -0.4 is 0 Å². The average Bonchev–Trinajstić information content (AvgIpc) is 3.23. The molecule has 2 saturated carbocycles. The molecule has 1 N–H and O–H groups in total. The molecule has 1 saturated heterocycles. The summed E-state index contributed by atoms with van der Waals surface area (Å²) in [6.07, 6.45) is 9.38. The van der Waals surface area contributed by atoms with E-state index in [1.165, 1.54) is 38.5 Å². The Balaban J connectivity index is 1.68. The number of ether oxygens (including phenoxy) is 1. The van der Waals surface area contributed by atoms with E-state index in [2.05, 4.69) is 67.4 Å². The van der Waals surface area contributed by atoms with Gasteiger partial charge in [0.25, 0.3) is 0 Å². The van der Waals surface area contributed by atoms with Gasteiger partial charge < -0.3 is 18.7 Å². The first kappa shape index (κ1) is 28.8. The van der Waals surface area contributed by atoms with Gasteiger partial charge in [0.05, 0.1) is 12.7 Å². The van der Waals surface area contributed by atoms with Crippen molar-refractivity contribution in [3.05, 3.63) is 0 Å².